The molecule has 0 bridgehead atoms. The first kappa shape index (κ1) is 8.55. The quantitative estimate of drug-likeness (QED) is 0.670. The molecule has 0 unspecified atom stereocenters. The zero-order chi connectivity index (χ0) is 9.97. The van der Waals surface area contributed by atoms with Crippen molar-refractivity contribution in [3.8, 4) is 5.69 Å². The summed E-state index contributed by atoms with van der Waals surface area (Å²) < 4.78 is 14.6. The fourth-order valence-corrected chi connectivity index (χ4v) is 1.19. The Bertz CT molecular complexity index is 453. The molecule has 2 rings (SSSR count). The highest BCUT2D eigenvalue weighted by molar-refractivity contribution is 5.80. The van der Waals surface area contributed by atoms with E-state index >= 15 is 0 Å². The second kappa shape index (κ2) is 3.37. The largest absolute Gasteiger partial charge is 0.298 e. The molecular weight excluding hydrogens is 185 g/mol. The van der Waals surface area contributed by atoms with Crippen LogP contribution in [0.5, 0.6) is 0 Å². The first-order valence-corrected chi connectivity index (χ1v) is 3.91. The number of para-hydroxylation sites is 1. The number of hydrogen-bond acceptors (Lipinski definition) is 3. The van der Waals surface area contributed by atoms with Crippen LogP contribution in [0, 0.1) is 5.82 Å². The molecule has 1 heterocycles. The Morgan fingerprint density at radius 3 is 2.93 bits per heavy atom. The molecule has 0 saturated carbocycles. The lowest BCUT2D eigenvalue weighted by Gasteiger charge is -2.04. The van der Waals surface area contributed by atoms with Gasteiger partial charge in [-0.05, 0) is 12.1 Å². The average Bonchev–Trinajstić information content (AvgIpc) is 2.70. The van der Waals surface area contributed by atoms with Gasteiger partial charge in [0.2, 0.25) is 0 Å². The Morgan fingerprint density at radius 2 is 2.29 bits per heavy atom. The average molecular weight is 191 g/mol. The number of nitrogens with zero attached hydrogens (tertiary/aromatic N) is 3. The normalized spacial score (nSPS) is 10.1. The van der Waals surface area contributed by atoms with Crippen molar-refractivity contribution in [2.75, 3.05) is 0 Å². The van der Waals surface area contributed by atoms with E-state index in [0.717, 1.165) is 0 Å². The van der Waals surface area contributed by atoms with Crippen LogP contribution in [0.4, 0.5) is 4.39 Å². The van der Waals surface area contributed by atoms with Crippen LogP contribution < -0.4 is 0 Å². The van der Waals surface area contributed by atoms with E-state index in [0.29, 0.717) is 6.29 Å². The van der Waals surface area contributed by atoms with Gasteiger partial charge in [-0.15, -0.1) is 0 Å². The summed E-state index contributed by atoms with van der Waals surface area (Å²) in [6.45, 7) is 0. The van der Waals surface area contributed by atoms with Crippen LogP contribution in [0.3, 0.4) is 0 Å². The molecule has 0 amide bonds. The summed E-state index contributed by atoms with van der Waals surface area (Å²) in [6, 6.07) is 4.26. The van der Waals surface area contributed by atoms with Crippen LogP contribution in [0.1, 0.15) is 10.4 Å². The highest BCUT2D eigenvalue weighted by Gasteiger charge is 2.09. The molecule has 0 atom stereocenters. The van der Waals surface area contributed by atoms with Crippen LogP contribution >= 0.6 is 0 Å². The predicted molar refractivity (Wildman–Crippen MR) is 46.7 cm³/mol. The van der Waals surface area contributed by atoms with Gasteiger partial charge in [-0.25, -0.2) is 14.1 Å². The molecule has 0 aliphatic carbocycles. The fraction of sp³-hybridized carbons (Fsp3) is 0. The number of hydrogen-bond donors (Lipinski definition) is 0. The highest BCUT2D eigenvalue weighted by Crippen LogP contribution is 2.15. The minimum Gasteiger partial charge on any atom is -0.298 e. The summed E-state index contributed by atoms with van der Waals surface area (Å²) in [5.41, 5.74) is 0.371. The number of aldehydes is 1. The lowest BCUT2D eigenvalue weighted by molar-refractivity contribution is 0.112. The number of carbonyl (C=O) groups excluding carboxylic acids is 1. The standard InChI is InChI=1S/C9H6FN3O/c10-8-3-1-2-7(4-14)9(8)13-6-11-5-12-13/h1-6H. The maximum Gasteiger partial charge on any atom is 0.152 e. The Balaban J connectivity index is 2.67. The molecular formula is C9H6FN3O. The summed E-state index contributed by atoms with van der Waals surface area (Å²) in [5, 5.41) is 3.76. The van der Waals surface area contributed by atoms with Crippen molar-refractivity contribution in [3.05, 3.63) is 42.2 Å². The van der Waals surface area contributed by atoms with E-state index in [-0.39, 0.29) is 11.3 Å². The fourth-order valence-electron chi connectivity index (χ4n) is 1.19. The molecule has 0 aliphatic rings. The summed E-state index contributed by atoms with van der Waals surface area (Å²) >= 11 is 0. The predicted octanol–water partition coefficient (Wildman–Crippen LogP) is 1.22. The molecule has 0 saturated heterocycles. The number of benzene rings is 1. The van der Waals surface area contributed by atoms with Gasteiger partial charge in [-0.3, -0.25) is 4.79 Å². The third kappa shape index (κ3) is 1.28. The zero-order valence-corrected chi connectivity index (χ0v) is 7.09. The van der Waals surface area contributed by atoms with Crippen molar-refractivity contribution in [3.63, 3.8) is 0 Å². The SMILES string of the molecule is O=Cc1cccc(F)c1-n1cncn1. The van der Waals surface area contributed by atoms with Crippen LogP contribution in [-0.4, -0.2) is 21.1 Å². The highest BCUT2D eigenvalue weighted by atomic mass is 19.1. The van der Waals surface area contributed by atoms with Crippen molar-refractivity contribution in [1.29, 1.82) is 0 Å². The Kier molecular flexibility index (Phi) is 2.06. The summed E-state index contributed by atoms with van der Waals surface area (Å²) in [7, 11) is 0. The maximum atomic E-state index is 13.4. The second-order valence-corrected chi connectivity index (χ2v) is 2.64. The summed E-state index contributed by atoms with van der Waals surface area (Å²) in [5.74, 6) is -0.500. The van der Waals surface area contributed by atoms with Crippen molar-refractivity contribution >= 4 is 6.29 Å². The van der Waals surface area contributed by atoms with E-state index < -0.39 is 5.82 Å². The molecule has 5 heteroatoms. The molecule has 70 valence electrons. The first-order valence-electron chi connectivity index (χ1n) is 3.91. The third-order valence-corrected chi connectivity index (χ3v) is 1.79. The Hall–Kier alpha value is -2.04. The van der Waals surface area contributed by atoms with E-state index in [1.807, 2.05) is 0 Å². The maximum absolute atomic E-state index is 13.4. The molecule has 1 aromatic heterocycles. The lowest BCUT2D eigenvalue weighted by Crippen LogP contribution is -2.02. The van der Waals surface area contributed by atoms with Gasteiger partial charge in [0.05, 0.1) is 0 Å². The van der Waals surface area contributed by atoms with Crippen molar-refractivity contribution in [1.82, 2.24) is 14.8 Å². The Morgan fingerprint density at radius 1 is 1.43 bits per heavy atom. The zero-order valence-electron chi connectivity index (χ0n) is 7.09. The molecule has 0 N–H and O–H groups in total. The third-order valence-electron chi connectivity index (χ3n) is 1.79. The van der Waals surface area contributed by atoms with E-state index in [9.17, 15) is 9.18 Å². The minimum absolute atomic E-state index is 0.125. The molecule has 1 aromatic carbocycles. The summed E-state index contributed by atoms with van der Waals surface area (Å²) in [6.07, 6.45) is 3.20. The second-order valence-electron chi connectivity index (χ2n) is 2.64. The topological polar surface area (TPSA) is 47.8 Å². The molecule has 4 nitrogen and oxygen atoms in total. The Labute approximate surface area is 79.0 Å². The number of aromatic nitrogens is 3. The van der Waals surface area contributed by atoms with Crippen molar-refractivity contribution in [2.45, 2.75) is 0 Å². The molecule has 2 aromatic rings. The molecule has 0 radical (unpaired) electrons. The van der Waals surface area contributed by atoms with Crippen LogP contribution in [0.25, 0.3) is 5.69 Å². The number of rotatable bonds is 2. The molecule has 0 aliphatic heterocycles. The first-order chi connectivity index (χ1) is 6.83. The van der Waals surface area contributed by atoms with Gasteiger partial charge in [0.1, 0.15) is 24.2 Å². The van der Waals surface area contributed by atoms with Gasteiger partial charge in [-0.1, -0.05) is 6.07 Å². The van der Waals surface area contributed by atoms with Crippen molar-refractivity contribution in [2.24, 2.45) is 0 Å². The van der Waals surface area contributed by atoms with Gasteiger partial charge in [0, 0.05) is 5.56 Å². The number of carbonyl (C=O) groups is 1. The number of halogens is 1. The summed E-state index contributed by atoms with van der Waals surface area (Å²) in [4.78, 5) is 14.3. The van der Waals surface area contributed by atoms with Gasteiger partial charge in [0.25, 0.3) is 0 Å². The monoisotopic (exact) mass is 191 g/mol. The van der Waals surface area contributed by atoms with Gasteiger partial charge in [-0.2, -0.15) is 5.10 Å². The molecule has 14 heavy (non-hydrogen) atoms. The van der Waals surface area contributed by atoms with Gasteiger partial charge in [0.15, 0.2) is 6.29 Å². The smallest absolute Gasteiger partial charge is 0.152 e. The minimum atomic E-state index is -0.500. The van der Waals surface area contributed by atoms with E-state index in [1.165, 1.54) is 35.5 Å². The molecule has 0 spiro atoms. The van der Waals surface area contributed by atoms with Crippen molar-refractivity contribution < 1.29 is 9.18 Å². The van der Waals surface area contributed by atoms with Gasteiger partial charge >= 0.3 is 0 Å². The van der Waals surface area contributed by atoms with Crippen LogP contribution in [0.2, 0.25) is 0 Å². The van der Waals surface area contributed by atoms with E-state index in [4.69, 9.17) is 0 Å². The molecule has 0 fully saturated rings. The van der Waals surface area contributed by atoms with Crippen LogP contribution in [0.15, 0.2) is 30.9 Å². The van der Waals surface area contributed by atoms with E-state index in [1.54, 1.807) is 0 Å². The lowest BCUT2D eigenvalue weighted by atomic mass is 10.2. The van der Waals surface area contributed by atoms with Crippen LogP contribution in [-0.2, 0) is 0 Å². The van der Waals surface area contributed by atoms with E-state index in [2.05, 4.69) is 10.1 Å². The van der Waals surface area contributed by atoms with Gasteiger partial charge < -0.3 is 0 Å².